The van der Waals surface area contributed by atoms with E-state index in [0.717, 1.165) is 12.0 Å². The second kappa shape index (κ2) is 4.65. The molecule has 0 saturated heterocycles. The zero-order valence-electron chi connectivity index (χ0n) is 7.72. The highest BCUT2D eigenvalue weighted by Gasteiger charge is 1.99. The first-order valence-electron chi connectivity index (χ1n) is 4.24. The third-order valence-corrected chi connectivity index (χ3v) is 1.73. The topological polar surface area (TPSA) is 9.23 Å². The maximum Gasteiger partial charge on any atom is 0.126 e. The lowest BCUT2D eigenvalue weighted by molar-refractivity contribution is 0.321. The molecule has 1 rings (SSSR count). The van der Waals surface area contributed by atoms with E-state index in [1.165, 1.54) is 12.1 Å². The van der Waals surface area contributed by atoms with E-state index in [-0.39, 0.29) is 5.82 Å². The molecule has 0 aliphatic rings. The Hall–Kier alpha value is -1.31. The summed E-state index contributed by atoms with van der Waals surface area (Å²) >= 11 is 0. The summed E-state index contributed by atoms with van der Waals surface area (Å²) in [5.41, 5.74) is 0.950. The molecule has 1 aromatic rings. The SMILES string of the molecule is C=CCCOc1cc(F)ccc1C. The van der Waals surface area contributed by atoms with Gasteiger partial charge in [0.25, 0.3) is 0 Å². The van der Waals surface area contributed by atoms with Gasteiger partial charge >= 0.3 is 0 Å². The molecule has 2 heteroatoms. The van der Waals surface area contributed by atoms with Gasteiger partial charge in [-0.05, 0) is 25.0 Å². The minimum absolute atomic E-state index is 0.265. The van der Waals surface area contributed by atoms with Crippen LogP contribution >= 0.6 is 0 Å². The van der Waals surface area contributed by atoms with Crippen LogP contribution in [0.3, 0.4) is 0 Å². The van der Waals surface area contributed by atoms with Crippen molar-refractivity contribution in [2.75, 3.05) is 6.61 Å². The fourth-order valence-electron chi connectivity index (χ4n) is 0.982. The molecule has 0 radical (unpaired) electrons. The van der Waals surface area contributed by atoms with Crippen LogP contribution in [0.4, 0.5) is 4.39 Å². The van der Waals surface area contributed by atoms with Gasteiger partial charge in [-0.3, -0.25) is 0 Å². The molecule has 0 atom stereocenters. The van der Waals surface area contributed by atoms with Crippen molar-refractivity contribution in [1.29, 1.82) is 0 Å². The Labute approximate surface area is 77.8 Å². The minimum atomic E-state index is -0.265. The van der Waals surface area contributed by atoms with Crippen LogP contribution in [0.2, 0.25) is 0 Å². The van der Waals surface area contributed by atoms with E-state index in [1.807, 2.05) is 6.92 Å². The van der Waals surface area contributed by atoms with E-state index in [0.29, 0.717) is 12.4 Å². The van der Waals surface area contributed by atoms with Crippen LogP contribution < -0.4 is 4.74 Å². The third kappa shape index (κ3) is 2.90. The lowest BCUT2D eigenvalue weighted by Crippen LogP contribution is -1.97. The van der Waals surface area contributed by atoms with E-state index >= 15 is 0 Å². The highest BCUT2D eigenvalue weighted by Crippen LogP contribution is 2.18. The largest absolute Gasteiger partial charge is 0.493 e. The van der Waals surface area contributed by atoms with E-state index in [2.05, 4.69) is 6.58 Å². The molecule has 1 aromatic carbocycles. The maximum absolute atomic E-state index is 12.8. The summed E-state index contributed by atoms with van der Waals surface area (Å²) in [7, 11) is 0. The van der Waals surface area contributed by atoms with Crippen molar-refractivity contribution in [2.45, 2.75) is 13.3 Å². The van der Waals surface area contributed by atoms with Crippen LogP contribution in [0.25, 0.3) is 0 Å². The predicted molar refractivity (Wildman–Crippen MR) is 51.4 cm³/mol. The number of aryl methyl sites for hydroxylation is 1. The average Bonchev–Trinajstić information content (AvgIpc) is 2.11. The van der Waals surface area contributed by atoms with Gasteiger partial charge in [-0.25, -0.2) is 4.39 Å². The fraction of sp³-hybridized carbons (Fsp3) is 0.273. The van der Waals surface area contributed by atoms with Crippen molar-refractivity contribution >= 4 is 0 Å². The highest BCUT2D eigenvalue weighted by molar-refractivity contribution is 5.32. The minimum Gasteiger partial charge on any atom is -0.493 e. The average molecular weight is 180 g/mol. The monoisotopic (exact) mass is 180 g/mol. The Morgan fingerprint density at radius 1 is 1.54 bits per heavy atom. The Morgan fingerprint density at radius 2 is 2.31 bits per heavy atom. The lowest BCUT2D eigenvalue weighted by atomic mass is 10.2. The van der Waals surface area contributed by atoms with Crippen molar-refractivity contribution in [1.82, 2.24) is 0 Å². The zero-order valence-corrected chi connectivity index (χ0v) is 7.72. The molecule has 0 aromatic heterocycles. The molecule has 0 aliphatic carbocycles. The van der Waals surface area contributed by atoms with Crippen molar-refractivity contribution in [3.05, 3.63) is 42.2 Å². The molecule has 0 spiro atoms. The highest BCUT2D eigenvalue weighted by atomic mass is 19.1. The van der Waals surface area contributed by atoms with E-state index < -0.39 is 0 Å². The molecule has 1 nitrogen and oxygen atoms in total. The van der Waals surface area contributed by atoms with Gasteiger partial charge in [-0.2, -0.15) is 0 Å². The molecule has 0 fully saturated rings. The normalized spacial score (nSPS) is 9.69. The summed E-state index contributed by atoms with van der Waals surface area (Å²) < 4.78 is 18.1. The maximum atomic E-state index is 12.8. The van der Waals surface area contributed by atoms with Crippen molar-refractivity contribution in [2.24, 2.45) is 0 Å². The lowest BCUT2D eigenvalue weighted by Gasteiger charge is -2.07. The van der Waals surface area contributed by atoms with Gasteiger partial charge in [0, 0.05) is 6.07 Å². The Kier molecular flexibility index (Phi) is 3.50. The van der Waals surface area contributed by atoms with Crippen molar-refractivity contribution < 1.29 is 9.13 Å². The van der Waals surface area contributed by atoms with E-state index in [9.17, 15) is 4.39 Å². The number of rotatable bonds is 4. The van der Waals surface area contributed by atoms with Gasteiger partial charge in [0.15, 0.2) is 0 Å². The Bertz CT molecular complexity index is 294. The van der Waals surface area contributed by atoms with Crippen LogP contribution in [0.1, 0.15) is 12.0 Å². The summed E-state index contributed by atoms with van der Waals surface area (Å²) in [6.07, 6.45) is 2.55. The Balaban J connectivity index is 2.64. The summed E-state index contributed by atoms with van der Waals surface area (Å²) in [6, 6.07) is 4.53. The first-order valence-corrected chi connectivity index (χ1v) is 4.24. The van der Waals surface area contributed by atoms with Crippen LogP contribution in [0, 0.1) is 12.7 Å². The van der Waals surface area contributed by atoms with Crippen LogP contribution in [0.15, 0.2) is 30.9 Å². The summed E-state index contributed by atoms with van der Waals surface area (Å²) in [5.74, 6) is 0.348. The predicted octanol–water partition coefficient (Wildman–Crippen LogP) is 3.09. The van der Waals surface area contributed by atoms with Gasteiger partial charge in [0.1, 0.15) is 11.6 Å². The second-order valence-electron chi connectivity index (χ2n) is 2.84. The molecule has 13 heavy (non-hydrogen) atoms. The number of ether oxygens (including phenoxy) is 1. The van der Waals surface area contributed by atoms with Gasteiger partial charge in [-0.1, -0.05) is 12.1 Å². The molecule has 0 bridgehead atoms. The molecule has 0 N–H and O–H groups in total. The van der Waals surface area contributed by atoms with E-state index in [4.69, 9.17) is 4.74 Å². The first-order chi connectivity index (χ1) is 6.24. The molecule has 0 heterocycles. The van der Waals surface area contributed by atoms with Gasteiger partial charge in [0.2, 0.25) is 0 Å². The standard InChI is InChI=1S/C11H13FO/c1-3-4-7-13-11-8-10(12)6-5-9(11)2/h3,5-6,8H,1,4,7H2,2H3. The van der Waals surface area contributed by atoms with Crippen LogP contribution in [-0.2, 0) is 0 Å². The quantitative estimate of drug-likeness (QED) is 0.511. The number of hydrogen-bond acceptors (Lipinski definition) is 1. The summed E-state index contributed by atoms with van der Waals surface area (Å²) in [4.78, 5) is 0. The molecular weight excluding hydrogens is 167 g/mol. The smallest absolute Gasteiger partial charge is 0.126 e. The first kappa shape index (κ1) is 9.78. The van der Waals surface area contributed by atoms with Crippen molar-refractivity contribution in [3.63, 3.8) is 0 Å². The molecule has 0 unspecified atom stereocenters. The number of halogens is 1. The zero-order chi connectivity index (χ0) is 9.68. The fourth-order valence-corrected chi connectivity index (χ4v) is 0.982. The van der Waals surface area contributed by atoms with Gasteiger partial charge in [0.05, 0.1) is 6.61 Å². The third-order valence-electron chi connectivity index (χ3n) is 1.73. The second-order valence-corrected chi connectivity index (χ2v) is 2.84. The van der Waals surface area contributed by atoms with Gasteiger partial charge in [-0.15, -0.1) is 6.58 Å². The number of benzene rings is 1. The summed E-state index contributed by atoms with van der Waals surface area (Å²) in [5, 5.41) is 0. The number of hydrogen-bond donors (Lipinski definition) is 0. The van der Waals surface area contributed by atoms with Crippen LogP contribution in [-0.4, -0.2) is 6.61 Å². The van der Waals surface area contributed by atoms with Crippen molar-refractivity contribution in [3.8, 4) is 5.75 Å². The van der Waals surface area contributed by atoms with Crippen LogP contribution in [0.5, 0.6) is 5.75 Å². The molecule has 70 valence electrons. The van der Waals surface area contributed by atoms with Gasteiger partial charge < -0.3 is 4.74 Å². The molecule has 0 amide bonds. The van der Waals surface area contributed by atoms with E-state index in [1.54, 1.807) is 12.1 Å². The molecule has 0 saturated carbocycles. The summed E-state index contributed by atoms with van der Waals surface area (Å²) in [6.45, 7) is 6.02. The molecule has 0 aliphatic heterocycles. The molecular formula is C11H13FO. The Morgan fingerprint density at radius 3 is 3.00 bits per heavy atom.